The highest BCUT2D eigenvalue weighted by Gasteiger charge is 2.25. The molecule has 3 heterocycles. The van der Waals surface area contributed by atoms with Gasteiger partial charge in [0.15, 0.2) is 5.82 Å². The Bertz CT molecular complexity index is 1780. The minimum atomic E-state index is -1.00. The van der Waals surface area contributed by atoms with Crippen LogP contribution in [0.2, 0.25) is 5.02 Å². The van der Waals surface area contributed by atoms with Crippen molar-refractivity contribution >= 4 is 29.1 Å². The lowest BCUT2D eigenvalue weighted by molar-refractivity contribution is -0.118. The second kappa shape index (κ2) is 13.2. The first kappa shape index (κ1) is 30.6. The zero-order valence-corrected chi connectivity index (χ0v) is 25.4. The molecule has 0 aliphatic carbocycles. The summed E-state index contributed by atoms with van der Waals surface area (Å²) in [6.45, 7) is 5.49. The number of aliphatic hydroxyl groups is 1. The lowest BCUT2D eigenvalue weighted by Crippen LogP contribution is -2.45. The third-order valence-electron chi connectivity index (χ3n) is 7.26. The minimum absolute atomic E-state index is 0.00139. The monoisotopic (exact) mass is 613 g/mol. The van der Waals surface area contributed by atoms with Gasteiger partial charge in [0.05, 0.1) is 17.5 Å². The lowest BCUT2D eigenvalue weighted by atomic mass is 9.97. The van der Waals surface area contributed by atoms with Crippen molar-refractivity contribution in [1.82, 2.24) is 30.2 Å². The number of nitrogens with zero attached hydrogens (tertiary/aromatic N) is 5. The Hall–Kier alpha value is -4.87. The molecule has 2 aromatic carbocycles. The number of amides is 2. The van der Waals surface area contributed by atoms with Crippen LogP contribution in [-0.4, -0.2) is 47.9 Å². The Labute approximate surface area is 259 Å². The smallest absolute Gasteiger partial charge is 0.257 e. The molecule has 226 valence electrons. The quantitative estimate of drug-likeness (QED) is 0.196. The minimum Gasteiger partial charge on any atom is -0.387 e. The summed E-state index contributed by atoms with van der Waals surface area (Å²) in [6, 6.07) is 15.3. The van der Waals surface area contributed by atoms with Crippen LogP contribution >= 0.6 is 11.6 Å². The number of hydrogen-bond acceptors (Lipinski definition) is 8. The van der Waals surface area contributed by atoms with Gasteiger partial charge in [0.25, 0.3) is 5.91 Å². The Morgan fingerprint density at radius 2 is 1.77 bits per heavy atom. The maximum absolute atomic E-state index is 13.7. The van der Waals surface area contributed by atoms with Crippen LogP contribution in [0.5, 0.6) is 0 Å². The predicted octanol–water partition coefficient (Wildman–Crippen LogP) is 5.16. The molecule has 2 atom stereocenters. The van der Waals surface area contributed by atoms with Gasteiger partial charge in [0.1, 0.15) is 24.2 Å². The SMILES string of the molecule is Cc1nocc1C(=O)N[C@@H](Cc1cc(-c2ccnc(C(O)C(C)C)c2)ccc1Cl)C(=O)Nc1ccc(-c2nncn2C)cc1. The molecule has 2 amide bonds. The van der Waals surface area contributed by atoms with E-state index in [9.17, 15) is 14.7 Å². The van der Waals surface area contributed by atoms with Crippen LogP contribution < -0.4 is 10.6 Å². The fourth-order valence-electron chi connectivity index (χ4n) is 4.69. The van der Waals surface area contributed by atoms with E-state index in [1.165, 1.54) is 6.26 Å². The topological polar surface area (TPSA) is 148 Å². The maximum atomic E-state index is 13.7. The predicted molar refractivity (Wildman–Crippen MR) is 166 cm³/mol. The number of halogens is 1. The molecule has 0 aliphatic rings. The summed E-state index contributed by atoms with van der Waals surface area (Å²) in [5.74, 6) is -0.257. The molecule has 5 aromatic rings. The summed E-state index contributed by atoms with van der Waals surface area (Å²) in [5.41, 5.74) is 4.86. The zero-order valence-electron chi connectivity index (χ0n) is 24.7. The number of rotatable bonds is 10. The van der Waals surface area contributed by atoms with Crippen molar-refractivity contribution in [2.75, 3.05) is 5.32 Å². The summed E-state index contributed by atoms with van der Waals surface area (Å²) < 4.78 is 6.73. The summed E-state index contributed by atoms with van der Waals surface area (Å²) in [5, 5.41) is 28.5. The van der Waals surface area contributed by atoms with Crippen LogP contribution in [-0.2, 0) is 18.3 Å². The molecule has 3 aromatic heterocycles. The number of pyridine rings is 1. The summed E-state index contributed by atoms with van der Waals surface area (Å²) >= 11 is 6.62. The number of carbonyl (C=O) groups excluding carboxylic acids is 2. The van der Waals surface area contributed by atoms with E-state index < -0.39 is 24.0 Å². The number of carbonyl (C=O) groups is 2. The third kappa shape index (κ3) is 6.85. The number of anilines is 1. The summed E-state index contributed by atoms with van der Waals surface area (Å²) in [6.07, 6.45) is 3.89. The number of aliphatic hydroxyl groups excluding tert-OH is 1. The first-order valence-corrected chi connectivity index (χ1v) is 14.4. The fraction of sp³-hybridized carbons (Fsp3) is 0.250. The van der Waals surface area contributed by atoms with Gasteiger partial charge < -0.3 is 24.8 Å². The van der Waals surface area contributed by atoms with Crippen molar-refractivity contribution in [3.63, 3.8) is 0 Å². The van der Waals surface area contributed by atoms with Crippen molar-refractivity contribution < 1.29 is 19.2 Å². The Kier molecular flexibility index (Phi) is 9.17. The molecule has 0 saturated heterocycles. The fourth-order valence-corrected chi connectivity index (χ4v) is 4.89. The van der Waals surface area contributed by atoms with E-state index >= 15 is 0 Å². The molecule has 0 saturated carbocycles. The van der Waals surface area contributed by atoms with Crippen molar-refractivity contribution in [2.45, 2.75) is 39.3 Å². The van der Waals surface area contributed by atoms with Gasteiger partial charge in [0, 0.05) is 35.9 Å². The molecule has 0 aliphatic heterocycles. The van der Waals surface area contributed by atoms with E-state index in [0.29, 0.717) is 33.5 Å². The number of nitrogens with one attached hydrogen (secondary N) is 2. The van der Waals surface area contributed by atoms with E-state index in [1.807, 2.05) is 57.3 Å². The normalized spacial score (nSPS) is 12.6. The molecule has 0 spiro atoms. The van der Waals surface area contributed by atoms with Crippen LogP contribution in [0, 0.1) is 12.8 Å². The molecule has 0 radical (unpaired) electrons. The first-order chi connectivity index (χ1) is 21.1. The van der Waals surface area contributed by atoms with Gasteiger partial charge in [-0.15, -0.1) is 10.2 Å². The van der Waals surface area contributed by atoms with Crippen LogP contribution in [0.15, 0.2) is 77.9 Å². The molecule has 5 rings (SSSR count). The molecule has 0 bridgehead atoms. The van der Waals surface area contributed by atoms with Gasteiger partial charge in [-0.2, -0.15) is 0 Å². The molecule has 44 heavy (non-hydrogen) atoms. The average Bonchev–Trinajstić information content (AvgIpc) is 3.65. The number of aryl methyl sites for hydroxylation is 2. The molecule has 1 unspecified atom stereocenters. The highest BCUT2D eigenvalue weighted by Crippen LogP contribution is 2.29. The Morgan fingerprint density at radius 1 is 1.05 bits per heavy atom. The Morgan fingerprint density at radius 3 is 2.43 bits per heavy atom. The van der Waals surface area contributed by atoms with Crippen molar-refractivity contribution in [1.29, 1.82) is 0 Å². The lowest BCUT2D eigenvalue weighted by Gasteiger charge is -2.20. The molecule has 11 nitrogen and oxygen atoms in total. The van der Waals surface area contributed by atoms with Crippen LogP contribution in [0.3, 0.4) is 0 Å². The van der Waals surface area contributed by atoms with Gasteiger partial charge in [0.2, 0.25) is 5.91 Å². The zero-order chi connectivity index (χ0) is 31.4. The highest BCUT2D eigenvalue weighted by atomic mass is 35.5. The maximum Gasteiger partial charge on any atom is 0.257 e. The van der Waals surface area contributed by atoms with Crippen molar-refractivity contribution in [2.24, 2.45) is 13.0 Å². The second-order valence-corrected chi connectivity index (χ2v) is 11.2. The molecule has 3 N–H and O–H groups in total. The van der Waals surface area contributed by atoms with E-state index in [-0.39, 0.29) is 17.9 Å². The van der Waals surface area contributed by atoms with E-state index in [2.05, 4.69) is 31.0 Å². The molecule has 12 heteroatoms. The van der Waals surface area contributed by atoms with Gasteiger partial charge in [-0.25, -0.2) is 0 Å². The standard InChI is InChI=1S/C32H32ClN7O4/c1-18(2)29(41)27-14-22(11-12-34-27)21-7-10-26(33)23(13-21)15-28(37-31(42)25-16-44-39-19(25)3)32(43)36-24-8-5-20(6-9-24)30-38-35-17-40(30)4/h5-14,16-18,28-29,41H,15H2,1-4H3,(H,36,43)(H,37,42)/t28-,29?/m0/s1. The summed E-state index contributed by atoms with van der Waals surface area (Å²) in [7, 11) is 1.85. The summed E-state index contributed by atoms with van der Waals surface area (Å²) in [4.78, 5) is 31.1. The first-order valence-electron chi connectivity index (χ1n) is 14.0. The average molecular weight is 614 g/mol. The number of hydrogen-bond donors (Lipinski definition) is 3. The van der Waals surface area contributed by atoms with Crippen molar-refractivity contribution in [3.8, 4) is 22.5 Å². The van der Waals surface area contributed by atoms with Gasteiger partial charge in [-0.05, 0) is 78.1 Å². The van der Waals surface area contributed by atoms with Crippen LogP contribution in [0.1, 0.15) is 47.3 Å². The van der Waals surface area contributed by atoms with Gasteiger partial charge in [-0.1, -0.05) is 36.7 Å². The van der Waals surface area contributed by atoms with Gasteiger partial charge in [-0.3, -0.25) is 14.6 Å². The number of aromatic nitrogens is 5. The van der Waals surface area contributed by atoms with E-state index in [0.717, 1.165) is 16.7 Å². The largest absolute Gasteiger partial charge is 0.387 e. The van der Waals surface area contributed by atoms with Crippen LogP contribution in [0.25, 0.3) is 22.5 Å². The van der Waals surface area contributed by atoms with Crippen LogP contribution in [0.4, 0.5) is 5.69 Å². The number of benzene rings is 2. The third-order valence-corrected chi connectivity index (χ3v) is 7.63. The molecular formula is C32H32ClN7O4. The molecule has 0 fully saturated rings. The van der Waals surface area contributed by atoms with E-state index in [1.54, 1.807) is 42.2 Å². The van der Waals surface area contributed by atoms with Gasteiger partial charge >= 0.3 is 0 Å². The highest BCUT2D eigenvalue weighted by molar-refractivity contribution is 6.31. The second-order valence-electron chi connectivity index (χ2n) is 10.8. The molecular weight excluding hydrogens is 582 g/mol. The Balaban J connectivity index is 1.41. The van der Waals surface area contributed by atoms with E-state index in [4.69, 9.17) is 16.1 Å². The van der Waals surface area contributed by atoms with Crippen molar-refractivity contribution in [3.05, 3.63) is 101 Å².